The molecule has 20 nitrogen and oxygen atoms in total. The molecular formula is C63H53F2N8O12PdS2-. The van der Waals surface area contributed by atoms with E-state index in [2.05, 4.69) is 20.6 Å². The Labute approximate surface area is 517 Å². The number of anilines is 3. The van der Waals surface area contributed by atoms with Gasteiger partial charge in [-0.2, -0.15) is 0 Å². The zero-order chi connectivity index (χ0) is 61.1. The molecule has 2 amide bonds. The van der Waals surface area contributed by atoms with E-state index in [0.29, 0.717) is 89.2 Å². The molecule has 454 valence electrons. The Kier molecular flexibility index (Phi) is 17.3. The van der Waals surface area contributed by atoms with Gasteiger partial charge in [0.05, 0.1) is 46.0 Å². The molecule has 0 radical (unpaired) electrons. The molecule has 0 unspecified atom stereocenters. The number of non-ortho nitro benzene ring substituents is 1. The molecule has 0 atom stereocenters. The van der Waals surface area contributed by atoms with Crippen LogP contribution in [-0.4, -0.2) is 84.2 Å². The van der Waals surface area contributed by atoms with Crippen molar-refractivity contribution in [1.82, 2.24) is 20.6 Å². The average molecular weight is 1320 g/mol. The Bertz CT molecular complexity index is 4980. The van der Waals surface area contributed by atoms with Crippen LogP contribution in [0.15, 0.2) is 175 Å². The van der Waals surface area contributed by atoms with Gasteiger partial charge in [-0.1, -0.05) is 24.3 Å². The van der Waals surface area contributed by atoms with Crippen LogP contribution in [-0.2, 0) is 40.5 Å². The SMILES string of the molecule is CNC(=O)c1c(-c2ccc(F)cc2)oc2cc(N(C)S(C)(=O)=O)c(-c3cccc(-c4nc5ccc(N)cc5o4)c3)cc12.CNC(=O)c1c(-c2ccc(F)cc2)oc2cc(N(C)S(C)(=O)=O)c(-c3cccc(-c4nc5ccc([N+](=O)[O-])cc5o4)c3)cc12.[CH3-].[HH].[Pd]. The van der Waals surface area contributed by atoms with Gasteiger partial charge in [-0.05, 0) is 114 Å². The Hall–Kier alpha value is -10.1. The third-order valence-electron chi connectivity index (χ3n) is 14.2. The van der Waals surface area contributed by atoms with Gasteiger partial charge in [-0.3, -0.25) is 28.3 Å². The van der Waals surface area contributed by atoms with Crippen molar-refractivity contribution in [2.45, 2.75) is 0 Å². The third kappa shape index (κ3) is 12.1. The second kappa shape index (κ2) is 24.4. The number of nitro groups is 1. The third-order valence-corrected chi connectivity index (χ3v) is 16.6. The number of rotatable bonds is 13. The van der Waals surface area contributed by atoms with E-state index in [1.807, 2.05) is 18.2 Å². The summed E-state index contributed by atoms with van der Waals surface area (Å²) in [6.07, 6.45) is 2.17. The predicted octanol–water partition coefficient (Wildman–Crippen LogP) is 13.1. The summed E-state index contributed by atoms with van der Waals surface area (Å²) >= 11 is 0. The molecule has 4 heterocycles. The minimum Gasteiger partial charge on any atom is -0.455 e. The van der Waals surface area contributed by atoms with Gasteiger partial charge < -0.3 is 41.5 Å². The summed E-state index contributed by atoms with van der Waals surface area (Å²) in [4.78, 5) is 46.0. The fourth-order valence-electron chi connectivity index (χ4n) is 9.77. The maximum atomic E-state index is 13.7. The zero-order valence-electron chi connectivity index (χ0n) is 47.6. The second-order valence-corrected chi connectivity index (χ2v) is 23.8. The minimum atomic E-state index is -3.74. The van der Waals surface area contributed by atoms with Crippen LogP contribution in [0.3, 0.4) is 0 Å². The van der Waals surface area contributed by atoms with Crippen molar-refractivity contribution in [1.29, 1.82) is 0 Å². The maximum absolute atomic E-state index is 13.7. The van der Waals surface area contributed by atoms with Crippen LogP contribution in [0.5, 0.6) is 0 Å². The van der Waals surface area contributed by atoms with E-state index in [1.54, 1.807) is 66.7 Å². The zero-order valence-corrected chi connectivity index (χ0v) is 50.8. The van der Waals surface area contributed by atoms with Crippen molar-refractivity contribution in [3.05, 3.63) is 198 Å². The number of hydrogen-bond acceptors (Lipinski definition) is 15. The number of aromatic nitrogens is 2. The minimum absolute atomic E-state index is 0. The van der Waals surface area contributed by atoms with Crippen LogP contribution in [0.2, 0.25) is 0 Å². The topological polar surface area (TPSA) is 280 Å². The largest absolute Gasteiger partial charge is 0.455 e. The van der Waals surface area contributed by atoms with Crippen molar-refractivity contribution in [3.8, 4) is 67.8 Å². The molecule has 4 N–H and O–H groups in total. The van der Waals surface area contributed by atoms with Crippen LogP contribution in [0, 0.1) is 29.2 Å². The van der Waals surface area contributed by atoms with Crippen LogP contribution in [0.4, 0.5) is 31.5 Å². The molecular weight excluding hydrogens is 1270 g/mol. The number of carbonyl (C=O) groups excluding carboxylic acids is 2. The predicted molar refractivity (Wildman–Crippen MR) is 333 cm³/mol. The van der Waals surface area contributed by atoms with Gasteiger partial charge in [0.25, 0.3) is 17.5 Å². The molecule has 8 aromatic carbocycles. The fraction of sp³-hybridized carbons (Fsp3) is 0.0952. The molecule has 0 aliphatic heterocycles. The molecule has 4 aromatic heterocycles. The van der Waals surface area contributed by atoms with Gasteiger partial charge in [0.15, 0.2) is 11.2 Å². The number of hydrogen-bond donors (Lipinski definition) is 3. The van der Waals surface area contributed by atoms with E-state index in [-0.39, 0.29) is 85.9 Å². The summed E-state index contributed by atoms with van der Waals surface area (Å²) in [7, 11) is -1.61. The molecule has 0 saturated carbocycles. The molecule has 0 bridgehead atoms. The van der Waals surface area contributed by atoms with Crippen molar-refractivity contribution in [3.63, 3.8) is 0 Å². The molecule has 88 heavy (non-hydrogen) atoms. The number of furan rings is 2. The number of nitro benzene ring substituents is 1. The summed E-state index contributed by atoms with van der Waals surface area (Å²) in [6.45, 7) is 0. The van der Waals surface area contributed by atoms with Crippen molar-refractivity contribution < 1.29 is 79.6 Å². The van der Waals surface area contributed by atoms with Gasteiger partial charge in [-0.15, -0.1) is 0 Å². The van der Waals surface area contributed by atoms with Crippen LogP contribution < -0.4 is 25.0 Å². The molecule has 12 rings (SSSR count). The fourth-order valence-corrected chi connectivity index (χ4v) is 10.8. The van der Waals surface area contributed by atoms with Crippen molar-refractivity contribution >= 4 is 98.7 Å². The standard InChI is InChI=1S/C31H23FN4O7S.C31H25FN4O5S.CH3.Pd.H2/c1-33-30(37)28-23-15-22(18-5-4-6-19(13-18)31-34-24-12-11-21(36(38)39)14-27(24)43-31)25(35(2)44(3,40)41)16-26(23)42-29(28)17-7-9-20(32)10-8-17;1-34-30(37)28-23-15-22(18-5-4-6-19(13-18)31-35-24-12-11-21(33)14-27(24)41-31)25(36(2)42(3,38)39)16-26(23)40-29(28)17-7-9-20(32)10-8-17;;;/h4-16H,1-3H3,(H,33,37);4-16H,33H2,1-3H3,(H,34,37);1H3;;1H/q;;-1;;. The van der Waals surface area contributed by atoms with Gasteiger partial charge in [0.2, 0.25) is 31.8 Å². The number of carbonyl (C=O) groups is 2. The number of nitrogens with two attached hydrogens (primary N) is 1. The summed E-state index contributed by atoms with van der Waals surface area (Å²) in [5.41, 5.74) is 14.0. The van der Waals surface area contributed by atoms with Gasteiger partial charge in [0, 0.05) is 124 Å². The van der Waals surface area contributed by atoms with Gasteiger partial charge in [-0.25, -0.2) is 35.6 Å². The Morgan fingerprint density at radius 3 is 1.34 bits per heavy atom. The average Bonchev–Trinajstić information content (AvgIpc) is 1.74. The summed E-state index contributed by atoms with van der Waals surface area (Å²) in [6, 6.07) is 41.2. The van der Waals surface area contributed by atoms with E-state index in [9.17, 15) is 45.3 Å². The second-order valence-electron chi connectivity index (χ2n) is 19.8. The Morgan fingerprint density at radius 2 is 0.943 bits per heavy atom. The first-order chi connectivity index (χ1) is 41.0. The van der Waals surface area contributed by atoms with E-state index < -0.39 is 48.4 Å². The number of fused-ring (bicyclic) bond motifs is 4. The molecule has 0 spiro atoms. The molecule has 25 heteroatoms. The monoisotopic (exact) mass is 1320 g/mol. The first-order valence-electron chi connectivity index (χ1n) is 26.0. The van der Waals surface area contributed by atoms with E-state index in [1.165, 1.54) is 101 Å². The molecule has 0 aliphatic carbocycles. The Morgan fingerprint density at radius 1 is 0.545 bits per heavy atom. The summed E-state index contributed by atoms with van der Waals surface area (Å²) in [5, 5.41) is 17.3. The number of nitrogens with one attached hydrogen (secondary N) is 2. The number of amides is 2. The normalized spacial score (nSPS) is 11.4. The number of benzene rings is 8. The number of nitrogens with zero attached hydrogens (tertiary/aromatic N) is 5. The van der Waals surface area contributed by atoms with Crippen LogP contribution in [0.25, 0.3) is 112 Å². The van der Waals surface area contributed by atoms with Crippen molar-refractivity contribution in [2.75, 3.05) is 55.0 Å². The first kappa shape index (κ1) is 62.5. The van der Waals surface area contributed by atoms with Crippen LogP contribution >= 0.6 is 0 Å². The molecule has 0 fully saturated rings. The van der Waals surface area contributed by atoms with E-state index in [0.717, 1.165) is 21.1 Å². The smallest absolute Gasteiger partial charge is 0.273 e. The number of halogens is 2. The number of nitrogen functional groups attached to an aromatic ring is 1. The molecule has 0 aliphatic rings. The first-order valence-corrected chi connectivity index (χ1v) is 29.6. The van der Waals surface area contributed by atoms with E-state index >= 15 is 0 Å². The van der Waals surface area contributed by atoms with E-state index in [4.69, 9.17) is 23.4 Å². The number of sulfonamides is 2. The summed E-state index contributed by atoms with van der Waals surface area (Å²) in [5.74, 6) is -0.761. The Balaban J connectivity index is 0.000000223. The van der Waals surface area contributed by atoms with Crippen LogP contribution in [0.1, 0.15) is 22.1 Å². The summed E-state index contributed by atoms with van der Waals surface area (Å²) < 4.78 is 105. The van der Waals surface area contributed by atoms with Crippen molar-refractivity contribution in [2.24, 2.45) is 0 Å². The quantitative estimate of drug-likeness (QED) is 0.0318. The molecule has 0 saturated heterocycles. The van der Waals surface area contributed by atoms with Gasteiger partial charge in [0.1, 0.15) is 45.4 Å². The molecule has 12 aromatic rings. The number of oxazole rings is 2. The van der Waals surface area contributed by atoms with Gasteiger partial charge >= 0.3 is 0 Å². The maximum Gasteiger partial charge on any atom is 0.273 e.